The van der Waals surface area contributed by atoms with Crippen molar-refractivity contribution in [2.24, 2.45) is 0 Å². The summed E-state index contributed by atoms with van der Waals surface area (Å²) in [5.41, 5.74) is 5.42. The Labute approximate surface area is 316 Å². The van der Waals surface area contributed by atoms with E-state index >= 15 is 0 Å². The first kappa shape index (κ1) is 38.4. The number of aromatic hydroxyl groups is 1. The van der Waals surface area contributed by atoms with E-state index in [2.05, 4.69) is 22.8 Å². The molecule has 0 bridgehead atoms. The Hall–Kier alpha value is -5.36. The van der Waals surface area contributed by atoms with Crippen LogP contribution in [-0.4, -0.2) is 64.3 Å². The smallest absolute Gasteiger partial charge is 0.319 e. The first-order valence-electron chi connectivity index (χ1n) is 18.1. The lowest BCUT2D eigenvalue weighted by atomic mass is 9.83. The lowest BCUT2D eigenvalue weighted by molar-refractivity contribution is -0.263. The SMILES string of the molecule is CC(=O)C(Cc1ccccc1)NC(=O)Nc1cccc(C2OC(CN(C)CC(O)c3cccc(O)c3)C(c3ccccc3)C(c3ccc(CO)cc3)O2)c1. The third-order valence-electron chi connectivity index (χ3n) is 9.70. The maximum absolute atomic E-state index is 13.2. The Morgan fingerprint density at radius 2 is 1.46 bits per heavy atom. The summed E-state index contributed by atoms with van der Waals surface area (Å²) in [4.78, 5) is 27.6. The van der Waals surface area contributed by atoms with Gasteiger partial charge in [0.2, 0.25) is 0 Å². The van der Waals surface area contributed by atoms with Crippen LogP contribution in [0.15, 0.2) is 133 Å². The predicted molar refractivity (Wildman–Crippen MR) is 207 cm³/mol. The average Bonchev–Trinajstić information content (AvgIpc) is 3.18. The molecule has 5 aromatic carbocycles. The number of nitrogens with zero attached hydrogens (tertiary/aromatic N) is 1. The molecule has 0 radical (unpaired) electrons. The molecule has 5 N–H and O–H groups in total. The molecule has 10 nitrogen and oxygen atoms in total. The summed E-state index contributed by atoms with van der Waals surface area (Å²) in [7, 11) is 1.92. The van der Waals surface area contributed by atoms with Crippen LogP contribution in [0.1, 0.15) is 64.7 Å². The molecule has 1 aliphatic heterocycles. The van der Waals surface area contributed by atoms with Gasteiger partial charge in [0, 0.05) is 30.3 Å². The van der Waals surface area contributed by atoms with E-state index in [4.69, 9.17) is 9.47 Å². The van der Waals surface area contributed by atoms with Gasteiger partial charge in [-0.05, 0) is 72.5 Å². The van der Waals surface area contributed by atoms with Crippen LogP contribution < -0.4 is 10.6 Å². The van der Waals surface area contributed by atoms with Crippen LogP contribution in [0, 0.1) is 0 Å². The summed E-state index contributed by atoms with van der Waals surface area (Å²) in [5, 5.41) is 36.5. The Kier molecular flexibility index (Phi) is 12.9. The molecular formula is C44H47N3O7. The monoisotopic (exact) mass is 729 g/mol. The molecule has 1 fully saturated rings. The number of benzene rings is 5. The van der Waals surface area contributed by atoms with Gasteiger partial charge in [0.15, 0.2) is 12.1 Å². The third-order valence-corrected chi connectivity index (χ3v) is 9.70. The van der Waals surface area contributed by atoms with E-state index in [1.54, 1.807) is 36.4 Å². The van der Waals surface area contributed by atoms with Gasteiger partial charge in [-0.2, -0.15) is 0 Å². The summed E-state index contributed by atoms with van der Waals surface area (Å²) in [6.07, 6.45) is -2.21. The highest BCUT2D eigenvalue weighted by Crippen LogP contribution is 2.47. The lowest BCUT2D eigenvalue weighted by Crippen LogP contribution is -2.44. The van der Waals surface area contributed by atoms with Gasteiger partial charge in [0.1, 0.15) is 5.75 Å². The molecule has 1 aliphatic rings. The second kappa shape index (κ2) is 18.1. The van der Waals surface area contributed by atoms with Crippen LogP contribution in [0.25, 0.3) is 0 Å². The summed E-state index contributed by atoms with van der Waals surface area (Å²) in [6.45, 7) is 2.09. The fourth-order valence-electron chi connectivity index (χ4n) is 6.91. The van der Waals surface area contributed by atoms with Gasteiger partial charge in [0.25, 0.3) is 0 Å². The highest BCUT2D eigenvalue weighted by molar-refractivity contribution is 5.93. The predicted octanol–water partition coefficient (Wildman–Crippen LogP) is 6.81. The number of aliphatic hydroxyl groups is 2. The maximum atomic E-state index is 13.2. The van der Waals surface area contributed by atoms with Gasteiger partial charge in [-0.3, -0.25) is 4.79 Å². The van der Waals surface area contributed by atoms with Crippen LogP contribution in [0.5, 0.6) is 5.75 Å². The van der Waals surface area contributed by atoms with E-state index in [0.717, 1.165) is 22.3 Å². The quantitative estimate of drug-likeness (QED) is 0.0840. The van der Waals surface area contributed by atoms with Crippen LogP contribution in [-0.2, 0) is 27.3 Å². The Morgan fingerprint density at radius 1 is 0.778 bits per heavy atom. The number of nitrogens with one attached hydrogen (secondary N) is 2. The number of Topliss-reactive ketones (excluding diaryl/α,β-unsaturated/α-hetero) is 1. The number of hydrogen-bond donors (Lipinski definition) is 5. The molecule has 2 amide bonds. The molecule has 280 valence electrons. The molecule has 0 aromatic heterocycles. The molecule has 0 spiro atoms. The average molecular weight is 730 g/mol. The van der Waals surface area contributed by atoms with Crippen molar-refractivity contribution in [2.45, 2.75) is 56.5 Å². The van der Waals surface area contributed by atoms with Crippen molar-refractivity contribution in [1.82, 2.24) is 10.2 Å². The molecule has 0 saturated carbocycles. The first-order chi connectivity index (χ1) is 26.2. The van der Waals surface area contributed by atoms with Gasteiger partial charge >= 0.3 is 6.03 Å². The number of phenols is 1. The number of likely N-dealkylation sites (N-methyl/N-ethyl adjacent to an activating group) is 1. The van der Waals surface area contributed by atoms with Gasteiger partial charge in [-0.1, -0.05) is 109 Å². The Morgan fingerprint density at radius 3 is 2.15 bits per heavy atom. The van der Waals surface area contributed by atoms with E-state index in [0.29, 0.717) is 29.8 Å². The zero-order valence-corrected chi connectivity index (χ0v) is 30.4. The fourth-order valence-corrected chi connectivity index (χ4v) is 6.91. The molecule has 54 heavy (non-hydrogen) atoms. The minimum absolute atomic E-state index is 0.0820. The van der Waals surface area contributed by atoms with Crippen molar-refractivity contribution in [3.8, 4) is 5.75 Å². The summed E-state index contributed by atoms with van der Waals surface area (Å²) < 4.78 is 13.7. The number of ketones is 1. The largest absolute Gasteiger partial charge is 0.508 e. The second-order valence-electron chi connectivity index (χ2n) is 13.8. The van der Waals surface area contributed by atoms with Crippen molar-refractivity contribution in [2.75, 3.05) is 25.5 Å². The van der Waals surface area contributed by atoms with Crippen LogP contribution in [0.4, 0.5) is 10.5 Å². The van der Waals surface area contributed by atoms with Crippen molar-refractivity contribution >= 4 is 17.5 Å². The number of urea groups is 1. The number of amides is 2. The number of ether oxygens (including phenoxy) is 2. The lowest BCUT2D eigenvalue weighted by Gasteiger charge is -2.44. The van der Waals surface area contributed by atoms with Crippen LogP contribution in [0.2, 0.25) is 0 Å². The van der Waals surface area contributed by atoms with Crippen molar-refractivity contribution in [1.29, 1.82) is 0 Å². The number of phenolic OH excluding ortho intramolecular Hbond substituents is 1. The number of carbonyl (C=O) groups is 2. The zero-order chi connectivity index (χ0) is 38.0. The molecule has 0 aliphatic carbocycles. The number of carbonyl (C=O) groups excluding carboxylic acids is 2. The van der Waals surface area contributed by atoms with Crippen LogP contribution >= 0.6 is 0 Å². The molecule has 1 saturated heterocycles. The Bertz CT molecular complexity index is 1980. The van der Waals surface area contributed by atoms with E-state index in [-0.39, 0.29) is 30.6 Å². The number of rotatable bonds is 14. The van der Waals surface area contributed by atoms with E-state index < -0.39 is 36.7 Å². The van der Waals surface area contributed by atoms with Crippen molar-refractivity contribution in [3.05, 3.63) is 167 Å². The minimum Gasteiger partial charge on any atom is -0.508 e. The van der Waals surface area contributed by atoms with Crippen molar-refractivity contribution < 1.29 is 34.4 Å². The van der Waals surface area contributed by atoms with Gasteiger partial charge in [-0.15, -0.1) is 0 Å². The minimum atomic E-state index is -0.848. The van der Waals surface area contributed by atoms with E-state index in [9.17, 15) is 24.9 Å². The van der Waals surface area contributed by atoms with Gasteiger partial charge in [-0.25, -0.2) is 4.79 Å². The molecular weight excluding hydrogens is 682 g/mol. The molecule has 10 heteroatoms. The fraction of sp³-hybridized carbons (Fsp3) is 0.273. The molecule has 6 rings (SSSR count). The van der Waals surface area contributed by atoms with Gasteiger partial charge in [0.05, 0.1) is 31.0 Å². The number of hydrogen-bond acceptors (Lipinski definition) is 8. The molecule has 6 atom stereocenters. The molecule has 6 unspecified atom stereocenters. The highest BCUT2D eigenvalue weighted by Gasteiger charge is 2.42. The summed E-state index contributed by atoms with van der Waals surface area (Å²) >= 11 is 0. The molecule has 1 heterocycles. The van der Waals surface area contributed by atoms with E-state index in [1.807, 2.05) is 96.9 Å². The Balaban J connectivity index is 1.27. The number of aliphatic hydroxyl groups excluding tert-OH is 2. The third kappa shape index (κ3) is 9.98. The second-order valence-corrected chi connectivity index (χ2v) is 13.8. The van der Waals surface area contributed by atoms with Crippen LogP contribution in [0.3, 0.4) is 0 Å². The number of anilines is 1. The topological polar surface area (TPSA) is 141 Å². The highest BCUT2D eigenvalue weighted by atomic mass is 16.7. The summed E-state index contributed by atoms with van der Waals surface area (Å²) in [6, 6.07) is 39.9. The first-order valence-corrected chi connectivity index (χ1v) is 18.1. The van der Waals surface area contributed by atoms with Crippen molar-refractivity contribution in [3.63, 3.8) is 0 Å². The maximum Gasteiger partial charge on any atom is 0.319 e. The standard InChI is InChI=1S/C44H47N3O7/c1-29(49)38(23-30-11-5-3-6-12-30)46-44(52)45-36-17-9-16-35(24-36)43-53-40(27-47(2)26-39(51)34-15-10-18-37(50)25-34)41(32-13-7-4-8-14-32)42(54-43)33-21-19-31(28-48)20-22-33/h3-22,24-25,38-43,48,50-51H,23,26-28H2,1-2H3,(H2,45,46,52). The van der Waals surface area contributed by atoms with Gasteiger partial charge < -0.3 is 40.3 Å². The van der Waals surface area contributed by atoms with E-state index in [1.165, 1.54) is 6.92 Å². The zero-order valence-electron chi connectivity index (χ0n) is 30.4. The molecule has 5 aromatic rings. The normalized spacial score (nSPS) is 19.5. The summed E-state index contributed by atoms with van der Waals surface area (Å²) in [5.74, 6) is -0.324.